The van der Waals surface area contributed by atoms with Crippen LogP contribution in [0.3, 0.4) is 0 Å². The smallest absolute Gasteiger partial charge is 0.257 e. The van der Waals surface area contributed by atoms with Gasteiger partial charge >= 0.3 is 0 Å². The number of methoxy groups -OCH3 is 1. The van der Waals surface area contributed by atoms with E-state index in [4.69, 9.17) is 4.74 Å². The van der Waals surface area contributed by atoms with Crippen LogP contribution in [0.15, 0.2) is 41.3 Å². The van der Waals surface area contributed by atoms with Gasteiger partial charge in [-0.15, -0.1) is 0 Å². The SMILES string of the molecule is COCCn1cc(C(=O)NC2CCCN(c3cccc(F)c3)C2)c(=O)cc1C. The Balaban J connectivity index is 1.71. The number of hydrogen-bond acceptors (Lipinski definition) is 4. The predicted molar refractivity (Wildman–Crippen MR) is 106 cm³/mol. The van der Waals surface area contributed by atoms with E-state index in [1.165, 1.54) is 18.2 Å². The quantitative estimate of drug-likeness (QED) is 0.827. The first-order chi connectivity index (χ1) is 13.5. The molecule has 1 N–H and O–H groups in total. The van der Waals surface area contributed by atoms with Gasteiger partial charge in [-0.2, -0.15) is 0 Å². The van der Waals surface area contributed by atoms with Gasteiger partial charge < -0.3 is 19.5 Å². The summed E-state index contributed by atoms with van der Waals surface area (Å²) >= 11 is 0. The van der Waals surface area contributed by atoms with E-state index in [-0.39, 0.29) is 28.8 Å². The number of aromatic nitrogens is 1. The monoisotopic (exact) mass is 387 g/mol. The van der Waals surface area contributed by atoms with Crippen LogP contribution in [0, 0.1) is 12.7 Å². The lowest BCUT2D eigenvalue weighted by Gasteiger charge is -2.34. The number of benzene rings is 1. The number of aryl methyl sites for hydroxylation is 1. The lowest BCUT2D eigenvalue weighted by atomic mass is 10.0. The number of anilines is 1. The Bertz CT molecular complexity index is 897. The molecule has 28 heavy (non-hydrogen) atoms. The molecular formula is C21H26FN3O3. The summed E-state index contributed by atoms with van der Waals surface area (Å²) in [4.78, 5) is 27.1. The van der Waals surface area contributed by atoms with Crippen LogP contribution in [0.5, 0.6) is 0 Å². The fourth-order valence-electron chi connectivity index (χ4n) is 3.54. The molecule has 150 valence electrons. The molecule has 6 nitrogen and oxygen atoms in total. The standard InChI is InChI=1S/C21H26FN3O3/c1-15-11-20(26)19(14-24(15)9-10-28-2)21(27)23-17-6-4-8-25(13-17)18-7-3-5-16(22)12-18/h3,5,7,11-12,14,17H,4,6,8-10,13H2,1-2H3,(H,23,27). The Morgan fingerprint density at radius 1 is 1.36 bits per heavy atom. The van der Waals surface area contributed by atoms with Gasteiger partial charge in [0, 0.05) is 56.4 Å². The first-order valence-electron chi connectivity index (χ1n) is 9.49. The molecule has 0 radical (unpaired) electrons. The average molecular weight is 387 g/mol. The minimum Gasteiger partial charge on any atom is -0.383 e. The maximum absolute atomic E-state index is 13.5. The molecule has 0 spiro atoms. The third kappa shape index (κ3) is 4.78. The van der Waals surface area contributed by atoms with Crippen molar-refractivity contribution in [1.29, 1.82) is 0 Å². The number of nitrogens with zero attached hydrogens (tertiary/aromatic N) is 2. The first-order valence-corrected chi connectivity index (χ1v) is 9.49. The highest BCUT2D eigenvalue weighted by Gasteiger charge is 2.23. The van der Waals surface area contributed by atoms with Crippen LogP contribution in [0.25, 0.3) is 0 Å². The zero-order chi connectivity index (χ0) is 20.1. The van der Waals surface area contributed by atoms with Crippen molar-refractivity contribution < 1.29 is 13.9 Å². The number of halogens is 1. The van der Waals surface area contributed by atoms with Crippen LogP contribution in [0.2, 0.25) is 0 Å². The zero-order valence-corrected chi connectivity index (χ0v) is 16.3. The van der Waals surface area contributed by atoms with Gasteiger partial charge in [0.25, 0.3) is 5.91 Å². The molecule has 1 aromatic carbocycles. The molecule has 7 heteroatoms. The second kappa shape index (κ2) is 9.01. The summed E-state index contributed by atoms with van der Waals surface area (Å²) in [5.74, 6) is -0.651. The van der Waals surface area contributed by atoms with Crippen molar-refractivity contribution in [3.8, 4) is 0 Å². The van der Waals surface area contributed by atoms with Gasteiger partial charge in [-0.25, -0.2) is 4.39 Å². The van der Waals surface area contributed by atoms with E-state index < -0.39 is 0 Å². The largest absolute Gasteiger partial charge is 0.383 e. The van der Waals surface area contributed by atoms with E-state index >= 15 is 0 Å². The summed E-state index contributed by atoms with van der Waals surface area (Å²) in [6.07, 6.45) is 3.30. The number of amides is 1. The van der Waals surface area contributed by atoms with E-state index in [9.17, 15) is 14.0 Å². The van der Waals surface area contributed by atoms with Gasteiger partial charge in [0.2, 0.25) is 0 Å². The van der Waals surface area contributed by atoms with Crippen LogP contribution < -0.4 is 15.6 Å². The minimum atomic E-state index is -0.373. The van der Waals surface area contributed by atoms with Crippen molar-refractivity contribution in [3.05, 3.63) is 63.8 Å². The summed E-state index contributed by atoms with van der Waals surface area (Å²) in [6, 6.07) is 7.84. The molecule has 2 aromatic rings. The van der Waals surface area contributed by atoms with E-state index in [2.05, 4.69) is 10.2 Å². The first kappa shape index (κ1) is 20.1. The molecule has 1 aliphatic rings. The molecule has 0 aliphatic carbocycles. The fourth-order valence-corrected chi connectivity index (χ4v) is 3.54. The second-order valence-electron chi connectivity index (χ2n) is 7.12. The van der Waals surface area contributed by atoms with Crippen molar-refractivity contribution in [2.45, 2.75) is 32.4 Å². The van der Waals surface area contributed by atoms with Gasteiger partial charge in [0.1, 0.15) is 11.4 Å². The molecule has 1 aliphatic heterocycles. The summed E-state index contributed by atoms with van der Waals surface area (Å²) in [6.45, 7) is 4.29. The minimum absolute atomic E-state index is 0.0994. The molecule has 1 aromatic heterocycles. The van der Waals surface area contributed by atoms with Crippen LogP contribution in [-0.4, -0.2) is 43.3 Å². The number of hydrogen-bond donors (Lipinski definition) is 1. The van der Waals surface area contributed by atoms with Crippen molar-refractivity contribution in [2.75, 3.05) is 31.7 Å². The third-order valence-corrected chi connectivity index (χ3v) is 5.05. The highest BCUT2D eigenvalue weighted by Crippen LogP contribution is 2.21. The molecule has 0 bridgehead atoms. The molecule has 1 atom stereocenters. The highest BCUT2D eigenvalue weighted by molar-refractivity contribution is 5.94. The Labute approximate surface area is 163 Å². The topological polar surface area (TPSA) is 63.6 Å². The summed E-state index contributed by atoms with van der Waals surface area (Å²) < 4.78 is 20.4. The Hall–Kier alpha value is -2.67. The second-order valence-corrected chi connectivity index (χ2v) is 7.12. The van der Waals surface area contributed by atoms with Crippen LogP contribution in [-0.2, 0) is 11.3 Å². The van der Waals surface area contributed by atoms with Gasteiger partial charge in [-0.1, -0.05) is 6.07 Å². The number of rotatable bonds is 6. The third-order valence-electron chi connectivity index (χ3n) is 5.05. The molecule has 2 heterocycles. The van der Waals surface area contributed by atoms with E-state index in [1.807, 2.05) is 17.6 Å². The molecule has 0 saturated carbocycles. The van der Waals surface area contributed by atoms with E-state index in [0.29, 0.717) is 19.7 Å². The molecule has 1 fully saturated rings. The van der Waals surface area contributed by atoms with Crippen molar-refractivity contribution in [3.63, 3.8) is 0 Å². The van der Waals surface area contributed by atoms with Crippen LogP contribution >= 0.6 is 0 Å². The highest BCUT2D eigenvalue weighted by atomic mass is 19.1. The Morgan fingerprint density at radius 2 is 2.18 bits per heavy atom. The lowest BCUT2D eigenvalue weighted by molar-refractivity contribution is 0.0931. The maximum atomic E-state index is 13.5. The molecule has 1 unspecified atom stereocenters. The lowest BCUT2D eigenvalue weighted by Crippen LogP contribution is -2.48. The zero-order valence-electron chi connectivity index (χ0n) is 16.3. The maximum Gasteiger partial charge on any atom is 0.257 e. The van der Waals surface area contributed by atoms with Crippen molar-refractivity contribution in [2.24, 2.45) is 0 Å². The van der Waals surface area contributed by atoms with Crippen LogP contribution in [0.1, 0.15) is 28.9 Å². The average Bonchev–Trinajstić information content (AvgIpc) is 2.67. The summed E-state index contributed by atoms with van der Waals surface area (Å²) in [5.41, 5.74) is 1.43. The van der Waals surface area contributed by atoms with Gasteiger partial charge in [0.15, 0.2) is 5.43 Å². The fraction of sp³-hybridized carbons (Fsp3) is 0.429. The Kier molecular flexibility index (Phi) is 6.46. The summed E-state index contributed by atoms with van der Waals surface area (Å²) in [5, 5.41) is 2.97. The number of piperidine rings is 1. The van der Waals surface area contributed by atoms with E-state index in [1.54, 1.807) is 19.4 Å². The predicted octanol–water partition coefficient (Wildman–Crippen LogP) is 2.34. The van der Waals surface area contributed by atoms with Gasteiger partial charge in [0.05, 0.1) is 6.61 Å². The van der Waals surface area contributed by atoms with Crippen LogP contribution in [0.4, 0.5) is 10.1 Å². The molecule has 3 rings (SSSR count). The number of nitrogens with one attached hydrogen (secondary N) is 1. The van der Waals surface area contributed by atoms with E-state index in [0.717, 1.165) is 30.8 Å². The van der Waals surface area contributed by atoms with Crippen molar-refractivity contribution >= 4 is 11.6 Å². The summed E-state index contributed by atoms with van der Waals surface area (Å²) in [7, 11) is 1.61. The number of carbonyl (C=O) groups excluding carboxylic acids is 1. The number of ether oxygens (including phenoxy) is 1. The number of carbonyl (C=O) groups is 1. The molecule has 1 amide bonds. The normalized spacial score (nSPS) is 16.8. The van der Waals surface area contributed by atoms with Gasteiger partial charge in [-0.05, 0) is 38.0 Å². The van der Waals surface area contributed by atoms with Crippen molar-refractivity contribution in [1.82, 2.24) is 9.88 Å². The van der Waals surface area contributed by atoms with Gasteiger partial charge in [-0.3, -0.25) is 9.59 Å². The molecular weight excluding hydrogens is 361 g/mol. The Morgan fingerprint density at radius 3 is 2.93 bits per heavy atom. The molecule has 1 saturated heterocycles. The number of pyridine rings is 1.